The number of nitrogens with zero attached hydrogens (tertiary/aromatic N) is 2. The van der Waals surface area contributed by atoms with Crippen molar-refractivity contribution in [1.29, 1.82) is 0 Å². The monoisotopic (exact) mass is 299 g/mol. The number of likely N-dealkylation sites (tertiary alicyclic amines) is 1. The number of hydrogen-bond acceptors (Lipinski definition) is 3. The standard InChI is InChI=1S/C17H21N3O2/c21-17(20-11-5-2-6-12-20)18-10-9-16-19-15(13-22-16)14-7-3-1-4-8-14/h1,3-4,7-8,13H,2,5-6,9-12H2,(H,18,21). The Morgan fingerprint density at radius 1 is 1.18 bits per heavy atom. The van der Waals surface area contributed by atoms with Crippen LogP contribution in [-0.2, 0) is 6.42 Å². The fraction of sp³-hybridized carbons (Fsp3) is 0.412. The molecule has 5 heteroatoms. The highest BCUT2D eigenvalue weighted by Gasteiger charge is 2.15. The number of benzene rings is 1. The summed E-state index contributed by atoms with van der Waals surface area (Å²) in [6.07, 6.45) is 5.70. The third kappa shape index (κ3) is 3.67. The first kappa shape index (κ1) is 14.6. The number of rotatable bonds is 4. The average Bonchev–Trinajstić information content (AvgIpc) is 3.05. The van der Waals surface area contributed by atoms with E-state index in [4.69, 9.17) is 4.42 Å². The number of oxazole rings is 1. The Kier molecular flexibility index (Phi) is 4.73. The van der Waals surface area contributed by atoms with Crippen LogP contribution in [0.5, 0.6) is 0 Å². The van der Waals surface area contributed by atoms with Gasteiger partial charge in [-0.2, -0.15) is 0 Å². The number of hydrogen-bond donors (Lipinski definition) is 1. The lowest BCUT2D eigenvalue weighted by atomic mass is 10.1. The molecule has 1 fully saturated rings. The molecule has 0 atom stereocenters. The van der Waals surface area contributed by atoms with E-state index in [1.165, 1.54) is 6.42 Å². The first-order valence-corrected chi connectivity index (χ1v) is 7.85. The fourth-order valence-corrected chi connectivity index (χ4v) is 2.65. The zero-order valence-electron chi connectivity index (χ0n) is 12.6. The Morgan fingerprint density at radius 2 is 1.95 bits per heavy atom. The Hall–Kier alpha value is -2.30. The molecular weight excluding hydrogens is 278 g/mol. The number of urea groups is 1. The van der Waals surface area contributed by atoms with Gasteiger partial charge in [-0.25, -0.2) is 9.78 Å². The van der Waals surface area contributed by atoms with Crippen LogP contribution in [0.25, 0.3) is 11.3 Å². The Morgan fingerprint density at radius 3 is 2.73 bits per heavy atom. The highest BCUT2D eigenvalue weighted by atomic mass is 16.3. The molecule has 2 amide bonds. The molecule has 2 heterocycles. The number of aromatic nitrogens is 1. The first-order valence-electron chi connectivity index (χ1n) is 7.85. The number of carbonyl (C=O) groups is 1. The molecule has 0 radical (unpaired) electrons. The highest BCUT2D eigenvalue weighted by Crippen LogP contribution is 2.17. The lowest BCUT2D eigenvalue weighted by molar-refractivity contribution is 0.186. The molecule has 116 valence electrons. The molecule has 1 N–H and O–H groups in total. The molecular formula is C17H21N3O2. The van der Waals surface area contributed by atoms with Crippen LogP contribution in [0.2, 0.25) is 0 Å². The third-order valence-electron chi connectivity index (χ3n) is 3.88. The first-order chi connectivity index (χ1) is 10.8. The topological polar surface area (TPSA) is 58.4 Å². The van der Waals surface area contributed by atoms with Crippen LogP contribution in [0.15, 0.2) is 41.0 Å². The molecule has 1 aromatic heterocycles. The van der Waals surface area contributed by atoms with E-state index in [-0.39, 0.29) is 6.03 Å². The third-order valence-corrected chi connectivity index (χ3v) is 3.88. The zero-order chi connectivity index (χ0) is 15.2. The van der Waals surface area contributed by atoms with Crippen molar-refractivity contribution in [2.24, 2.45) is 0 Å². The van der Waals surface area contributed by atoms with E-state index in [1.807, 2.05) is 35.2 Å². The van der Waals surface area contributed by atoms with E-state index in [1.54, 1.807) is 6.26 Å². The van der Waals surface area contributed by atoms with Crippen LogP contribution in [0, 0.1) is 0 Å². The van der Waals surface area contributed by atoms with Crippen LogP contribution >= 0.6 is 0 Å². The lowest BCUT2D eigenvalue weighted by Crippen LogP contribution is -2.43. The predicted molar refractivity (Wildman–Crippen MR) is 84.5 cm³/mol. The van der Waals surface area contributed by atoms with Gasteiger partial charge in [-0.1, -0.05) is 30.3 Å². The summed E-state index contributed by atoms with van der Waals surface area (Å²) < 4.78 is 5.47. The van der Waals surface area contributed by atoms with Crippen molar-refractivity contribution in [1.82, 2.24) is 15.2 Å². The predicted octanol–water partition coefficient (Wildman–Crippen LogP) is 3.08. The minimum atomic E-state index is 0.0227. The largest absolute Gasteiger partial charge is 0.448 e. The van der Waals surface area contributed by atoms with Gasteiger partial charge in [0, 0.05) is 31.6 Å². The smallest absolute Gasteiger partial charge is 0.317 e. The quantitative estimate of drug-likeness (QED) is 0.944. The van der Waals surface area contributed by atoms with E-state index < -0.39 is 0 Å². The normalized spacial score (nSPS) is 14.8. The van der Waals surface area contributed by atoms with Crippen LogP contribution in [0.3, 0.4) is 0 Å². The summed E-state index contributed by atoms with van der Waals surface area (Å²) in [7, 11) is 0. The number of nitrogens with one attached hydrogen (secondary N) is 1. The fourth-order valence-electron chi connectivity index (χ4n) is 2.65. The van der Waals surface area contributed by atoms with Crippen molar-refractivity contribution in [3.05, 3.63) is 42.5 Å². The summed E-state index contributed by atoms with van der Waals surface area (Å²) in [5.41, 5.74) is 1.87. The van der Waals surface area contributed by atoms with Crippen molar-refractivity contribution >= 4 is 6.03 Å². The molecule has 3 rings (SSSR count). The summed E-state index contributed by atoms with van der Waals surface area (Å²) in [5, 5.41) is 2.94. The molecule has 22 heavy (non-hydrogen) atoms. The molecule has 0 bridgehead atoms. The van der Waals surface area contributed by atoms with Crippen molar-refractivity contribution in [3.8, 4) is 11.3 Å². The summed E-state index contributed by atoms with van der Waals surface area (Å²) in [6.45, 7) is 2.27. The number of amides is 2. The molecule has 2 aromatic rings. The van der Waals surface area contributed by atoms with E-state index in [9.17, 15) is 4.79 Å². The van der Waals surface area contributed by atoms with Gasteiger partial charge in [0.2, 0.25) is 0 Å². The lowest BCUT2D eigenvalue weighted by Gasteiger charge is -2.26. The molecule has 0 unspecified atom stereocenters. The Labute approximate surface area is 130 Å². The van der Waals surface area contributed by atoms with Crippen molar-refractivity contribution < 1.29 is 9.21 Å². The van der Waals surface area contributed by atoms with Crippen LogP contribution < -0.4 is 5.32 Å². The molecule has 1 aliphatic rings. The minimum Gasteiger partial charge on any atom is -0.448 e. The van der Waals surface area contributed by atoms with E-state index in [0.717, 1.165) is 37.2 Å². The second kappa shape index (κ2) is 7.11. The SMILES string of the molecule is O=C(NCCc1nc(-c2ccccc2)co1)N1CCCCC1. The van der Waals surface area contributed by atoms with Gasteiger partial charge >= 0.3 is 6.03 Å². The molecule has 1 aliphatic heterocycles. The second-order valence-corrected chi connectivity index (χ2v) is 5.52. The maximum atomic E-state index is 12.0. The van der Waals surface area contributed by atoms with E-state index in [0.29, 0.717) is 18.9 Å². The average molecular weight is 299 g/mol. The summed E-state index contributed by atoms with van der Waals surface area (Å²) >= 11 is 0. The summed E-state index contributed by atoms with van der Waals surface area (Å²) in [6, 6.07) is 9.94. The van der Waals surface area contributed by atoms with Crippen molar-refractivity contribution in [2.45, 2.75) is 25.7 Å². The number of carbonyl (C=O) groups excluding carboxylic acids is 1. The zero-order valence-corrected chi connectivity index (χ0v) is 12.6. The minimum absolute atomic E-state index is 0.0227. The molecule has 5 nitrogen and oxygen atoms in total. The van der Waals surface area contributed by atoms with Gasteiger partial charge in [0.1, 0.15) is 12.0 Å². The van der Waals surface area contributed by atoms with Gasteiger partial charge in [-0.3, -0.25) is 0 Å². The van der Waals surface area contributed by atoms with Gasteiger partial charge in [0.05, 0.1) is 0 Å². The molecule has 1 aromatic carbocycles. The summed E-state index contributed by atoms with van der Waals surface area (Å²) in [5.74, 6) is 0.651. The molecule has 1 saturated heterocycles. The van der Waals surface area contributed by atoms with E-state index >= 15 is 0 Å². The molecule has 0 aliphatic carbocycles. The van der Waals surface area contributed by atoms with Crippen LogP contribution in [-0.4, -0.2) is 35.5 Å². The maximum absolute atomic E-state index is 12.0. The van der Waals surface area contributed by atoms with Crippen molar-refractivity contribution in [3.63, 3.8) is 0 Å². The van der Waals surface area contributed by atoms with Gasteiger partial charge in [-0.15, -0.1) is 0 Å². The van der Waals surface area contributed by atoms with Gasteiger partial charge in [0.25, 0.3) is 0 Å². The molecule has 0 spiro atoms. The van der Waals surface area contributed by atoms with Gasteiger partial charge in [-0.05, 0) is 19.3 Å². The maximum Gasteiger partial charge on any atom is 0.317 e. The van der Waals surface area contributed by atoms with E-state index in [2.05, 4.69) is 10.3 Å². The second-order valence-electron chi connectivity index (χ2n) is 5.52. The highest BCUT2D eigenvalue weighted by molar-refractivity contribution is 5.74. The van der Waals surface area contributed by atoms with Crippen LogP contribution in [0.1, 0.15) is 25.2 Å². The van der Waals surface area contributed by atoms with Gasteiger partial charge < -0.3 is 14.6 Å². The van der Waals surface area contributed by atoms with Crippen LogP contribution in [0.4, 0.5) is 4.79 Å². The number of piperidine rings is 1. The van der Waals surface area contributed by atoms with Gasteiger partial charge in [0.15, 0.2) is 5.89 Å². The summed E-state index contributed by atoms with van der Waals surface area (Å²) in [4.78, 5) is 18.3. The molecule has 0 saturated carbocycles. The Bertz CT molecular complexity index is 603. The Balaban J connectivity index is 1.48. The van der Waals surface area contributed by atoms with Crippen molar-refractivity contribution in [2.75, 3.05) is 19.6 Å².